The molecule has 1 aromatic heterocycles. The van der Waals surface area contributed by atoms with E-state index in [1.807, 2.05) is 0 Å². The van der Waals surface area contributed by atoms with E-state index < -0.39 is 0 Å². The molecule has 0 aliphatic carbocycles. The van der Waals surface area contributed by atoms with Crippen LogP contribution in [0.25, 0.3) is 0 Å². The van der Waals surface area contributed by atoms with Gasteiger partial charge in [0.2, 0.25) is 0 Å². The predicted molar refractivity (Wildman–Crippen MR) is 118 cm³/mol. The van der Waals surface area contributed by atoms with Gasteiger partial charge in [0.05, 0.1) is 25.5 Å². The number of halogens is 1. The van der Waals surface area contributed by atoms with Crippen LogP contribution < -0.4 is 10.6 Å². The van der Waals surface area contributed by atoms with Crippen LogP contribution >= 0.6 is 24.0 Å². The second-order valence-corrected chi connectivity index (χ2v) is 6.52. The molecule has 1 atom stereocenters. The average Bonchev–Trinajstić information content (AvgIpc) is 3.31. The standard InChI is InChI=1S/C19H34N4O3.HI/c1-4-17-16(18(5-2)26-23-17)12-22-19(20-6-3)21-9-7-10-24-13-15-8-11-25-14-15;/h15H,4-14H2,1-3H3,(H2,20,21,22);1H. The van der Waals surface area contributed by atoms with Gasteiger partial charge in [-0.3, -0.25) is 0 Å². The van der Waals surface area contributed by atoms with Gasteiger partial charge >= 0.3 is 0 Å². The molecule has 1 aromatic rings. The Morgan fingerprint density at radius 2 is 2.11 bits per heavy atom. The van der Waals surface area contributed by atoms with E-state index in [0.29, 0.717) is 12.5 Å². The minimum Gasteiger partial charge on any atom is -0.381 e. The maximum Gasteiger partial charge on any atom is 0.191 e. The van der Waals surface area contributed by atoms with Crippen LogP contribution in [0.2, 0.25) is 0 Å². The quantitative estimate of drug-likeness (QED) is 0.213. The van der Waals surface area contributed by atoms with Crippen LogP contribution in [0, 0.1) is 5.92 Å². The molecule has 0 spiro atoms. The van der Waals surface area contributed by atoms with Gasteiger partial charge in [-0.25, -0.2) is 4.99 Å². The highest BCUT2D eigenvalue weighted by atomic mass is 127. The topological polar surface area (TPSA) is 80.9 Å². The van der Waals surface area contributed by atoms with Crippen LogP contribution in [-0.4, -0.2) is 50.6 Å². The average molecular weight is 494 g/mol. The van der Waals surface area contributed by atoms with Gasteiger partial charge in [-0.15, -0.1) is 24.0 Å². The molecule has 156 valence electrons. The molecule has 7 nitrogen and oxygen atoms in total. The molecular formula is C19H35IN4O3. The second-order valence-electron chi connectivity index (χ2n) is 6.52. The summed E-state index contributed by atoms with van der Waals surface area (Å²) in [5.41, 5.74) is 2.13. The van der Waals surface area contributed by atoms with Gasteiger partial charge in [0, 0.05) is 44.2 Å². The molecule has 8 heteroatoms. The van der Waals surface area contributed by atoms with Gasteiger partial charge < -0.3 is 24.6 Å². The summed E-state index contributed by atoms with van der Waals surface area (Å²) in [6.07, 6.45) is 3.77. The van der Waals surface area contributed by atoms with Crippen molar-refractivity contribution in [3.05, 3.63) is 17.0 Å². The summed E-state index contributed by atoms with van der Waals surface area (Å²) in [6, 6.07) is 0. The third-order valence-corrected chi connectivity index (χ3v) is 4.48. The SMILES string of the molecule is CCNC(=NCc1c(CC)noc1CC)NCCCOCC1CCOC1.I. The summed E-state index contributed by atoms with van der Waals surface area (Å²) in [5, 5.41) is 10.8. The Labute approximate surface area is 180 Å². The van der Waals surface area contributed by atoms with Crippen molar-refractivity contribution in [1.82, 2.24) is 15.8 Å². The number of aryl methyl sites for hydroxylation is 2. The van der Waals surface area contributed by atoms with Crippen molar-refractivity contribution < 1.29 is 14.0 Å². The van der Waals surface area contributed by atoms with Crippen LogP contribution in [0.15, 0.2) is 9.52 Å². The van der Waals surface area contributed by atoms with Crippen molar-refractivity contribution >= 4 is 29.9 Å². The molecule has 0 bridgehead atoms. The first-order valence-electron chi connectivity index (χ1n) is 9.92. The van der Waals surface area contributed by atoms with Crippen molar-refractivity contribution in [3.63, 3.8) is 0 Å². The Bertz CT molecular complexity index is 524. The van der Waals surface area contributed by atoms with Gasteiger partial charge in [-0.05, 0) is 26.2 Å². The van der Waals surface area contributed by atoms with Gasteiger partial charge in [0.25, 0.3) is 0 Å². The first-order chi connectivity index (χ1) is 12.8. The predicted octanol–water partition coefficient (Wildman–Crippen LogP) is 2.92. The normalized spacial score (nSPS) is 17.0. The van der Waals surface area contributed by atoms with Crippen LogP contribution in [0.5, 0.6) is 0 Å². The number of hydrogen-bond acceptors (Lipinski definition) is 5. The monoisotopic (exact) mass is 494 g/mol. The molecule has 0 saturated carbocycles. The lowest BCUT2D eigenvalue weighted by molar-refractivity contribution is 0.0888. The lowest BCUT2D eigenvalue weighted by Crippen LogP contribution is -2.38. The molecular weight excluding hydrogens is 459 g/mol. The Hall–Kier alpha value is -0.870. The van der Waals surface area contributed by atoms with Gasteiger partial charge in [-0.1, -0.05) is 19.0 Å². The van der Waals surface area contributed by atoms with Crippen LogP contribution in [-0.2, 0) is 28.9 Å². The summed E-state index contributed by atoms with van der Waals surface area (Å²) in [5.74, 6) is 2.33. The zero-order valence-corrected chi connectivity index (χ0v) is 19.2. The lowest BCUT2D eigenvalue weighted by atomic mass is 10.1. The van der Waals surface area contributed by atoms with Gasteiger partial charge in [0.1, 0.15) is 5.76 Å². The molecule has 1 aliphatic rings. The van der Waals surface area contributed by atoms with E-state index in [-0.39, 0.29) is 24.0 Å². The molecule has 1 unspecified atom stereocenters. The fourth-order valence-electron chi connectivity index (χ4n) is 2.96. The largest absolute Gasteiger partial charge is 0.381 e. The fraction of sp³-hybridized carbons (Fsp3) is 0.789. The Morgan fingerprint density at radius 3 is 2.78 bits per heavy atom. The van der Waals surface area contributed by atoms with Crippen molar-refractivity contribution in [1.29, 1.82) is 0 Å². The van der Waals surface area contributed by atoms with E-state index in [4.69, 9.17) is 19.0 Å². The number of guanidine groups is 1. The molecule has 1 fully saturated rings. The molecule has 1 aliphatic heterocycles. The summed E-state index contributed by atoms with van der Waals surface area (Å²) in [4.78, 5) is 4.69. The minimum atomic E-state index is 0. The highest BCUT2D eigenvalue weighted by Crippen LogP contribution is 2.16. The van der Waals surface area contributed by atoms with Crippen molar-refractivity contribution in [3.8, 4) is 0 Å². The van der Waals surface area contributed by atoms with E-state index in [1.54, 1.807) is 0 Å². The zero-order chi connectivity index (χ0) is 18.6. The Morgan fingerprint density at radius 1 is 1.26 bits per heavy atom. The third kappa shape index (κ3) is 8.35. The van der Waals surface area contributed by atoms with E-state index >= 15 is 0 Å². The van der Waals surface area contributed by atoms with Gasteiger partial charge in [-0.2, -0.15) is 0 Å². The number of nitrogens with one attached hydrogen (secondary N) is 2. The summed E-state index contributed by atoms with van der Waals surface area (Å²) >= 11 is 0. The second kappa shape index (κ2) is 14.2. The molecule has 1 saturated heterocycles. The lowest BCUT2D eigenvalue weighted by Gasteiger charge is -2.12. The molecule has 2 rings (SSSR count). The fourth-order valence-corrected chi connectivity index (χ4v) is 2.96. The highest BCUT2D eigenvalue weighted by Gasteiger charge is 2.15. The van der Waals surface area contributed by atoms with E-state index in [0.717, 1.165) is 88.2 Å². The summed E-state index contributed by atoms with van der Waals surface area (Å²) in [7, 11) is 0. The molecule has 0 radical (unpaired) electrons. The first-order valence-corrected chi connectivity index (χ1v) is 9.92. The molecule has 0 aromatic carbocycles. The number of aromatic nitrogens is 1. The van der Waals surface area contributed by atoms with Crippen LogP contribution in [0.1, 0.15) is 50.6 Å². The minimum absolute atomic E-state index is 0. The van der Waals surface area contributed by atoms with E-state index in [2.05, 4.69) is 36.6 Å². The Kier molecular flexibility index (Phi) is 12.7. The van der Waals surface area contributed by atoms with Crippen LogP contribution in [0.4, 0.5) is 0 Å². The van der Waals surface area contributed by atoms with Crippen molar-refractivity contribution in [2.24, 2.45) is 10.9 Å². The van der Waals surface area contributed by atoms with Crippen molar-refractivity contribution in [2.45, 2.75) is 53.0 Å². The highest BCUT2D eigenvalue weighted by molar-refractivity contribution is 14.0. The summed E-state index contributed by atoms with van der Waals surface area (Å²) < 4.78 is 16.5. The van der Waals surface area contributed by atoms with Crippen molar-refractivity contribution in [2.75, 3.05) is 39.5 Å². The maximum absolute atomic E-state index is 5.74. The third-order valence-electron chi connectivity index (χ3n) is 4.48. The summed E-state index contributed by atoms with van der Waals surface area (Å²) in [6.45, 7) is 11.8. The maximum atomic E-state index is 5.74. The van der Waals surface area contributed by atoms with Gasteiger partial charge in [0.15, 0.2) is 5.96 Å². The Balaban J connectivity index is 0.00000364. The molecule has 0 amide bonds. The molecule has 2 N–H and O–H groups in total. The zero-order valence-electron chi connectivity index (χ0n) is 16.9. The van der Waals surface area contributed by atoms with Crippen LogP contribution in [0.3, 0.4) is 0 Å². The number of hydrogen-bond donors (Lipinski definition) is 2. The molecule has 27 heavy (non-hydrogen) atoms. The molecule has 2 heterocycles. The smallest absolute Gasteiger partial charge is 0.191 e. The first kappa shape index (κ1) is 24.2. The van der Waals surface area contributed by atoms with E-state index in [9.17, 15) is 0 Å². The number of aliphatic imine (C=N–C) groups is 1. The number of ether oxygens (including phenoxy) is 2. The number of rotatable bonds is 11. The van der Waals surface area contributed by atoms with E-state index in [1.165, 1.54) is 0 Å². The number of nitrogens with zero attached hydrogens (tertiary/aromatic N) is 2.